The first-order valence-corrected chi connectivity index (χ1v) is 6.08. The van der Waals surface area contributed by atoms with Crippen LogP contribution in [0.1, 0.15) is 20.8 Å². The Morgan fingerprint density at radius 3 is 2.65 bits per heavy atom. The van der Waals surface area contributed by atoms with Gasteiger partial charge in [0.1, 0.15) is 5.75 Å². The van der Waals surface area contributed by atoms with Crippen LogP contribution in [0.2, 0.25) is 0 Å². The van der Waals surface area contributed by atoms with Crippen LogP contribution in [-0.4, -0.2) is 12.5 Å². The molecule has 0 spiro atoms. The van der Waals surface area contributed by atoms with Crippen molar-refractivity contribution in [2.45, 2.75) is 20.8 Å². The second-order valence-electron chi connectivity index (χ2n) is 4.90. The van der Waals surface area contributed by atoms with Gasteiger partial charge < -0.3 is 10.1 Å². The number of hydrogen-bond acceptors (Lipinski definition) is 2. The zero-order valence-electron chi connectivity index (χ0n) is 10.6. The first-order chi connectivity index (χ1) is 8.08. The van der Waals surface area contributed by atoms with Gasteiger partial charge in [-0.2, -0.15) is 0 Å². The van der Waals surface area contributed by atoms with E-state index in [-0.39, 0.29) is 5.91 Å². The largest absolute Gasteiger partial charge is 0.493 e. The molecule has 1 N–H and O–H groups in total. The number of nitrogens with one attached hydrogen (secondary N) is 1. The lowest BCUT2D eigenvalue weighted by Gasteiger charge is -2.08. The molecule has 0 bridgehead atoms. The minimum atomic E-state index is -0.0633. The minimum Gasteiger partial charge on any atom is -0.493 e. The molecule has 0 saturated heterocycles. The third kappa shape index (κ3) is 2.99. The van der Waals surface area contributed by atoms with Crippen LogP contribution in [0.25, 0.3) is 0 Å². The van der Waals surface area contributed by atoms with Crippen molar-refractivity contribution in [1.29, 1.82) is 0 Å². The Balaban J connectivity index is 1.90. The van der Waals surface area contributed by atoms with Crippen LogP contribution >= 0.6 is 0 Å². The monoisotopic (exact) mass is 233 g/mol. The maximum absolute atomic E-state index is 10.9. The summed E-state index contributed by atoms with van der Waals surface area (Å²) in [5.74, 6) is 2.98. The van der Waals surface area contributed by atoms with Crippen molar-refractivity contribution < 1.29 is 9.53 Å². The second kappa shape index (κ2) is 4.78. The van der Waals surface area contributed by atoms with Crippen molar-refractivity contribution in [2.24, 2.45) is 17.8 Å². The summed E-state index contributed by atoms with van der Waals surface area (Å²) >= 11 is 0. The normalized spacial score (nSPS) is 26.4. The first kappa shape index (κ1) is 12.0. The van der Waals surface area contributed by atoms with Crippen molar-refractivity contribution in [2.75, 3.05) is 11.9 Å². The summed E-state index contributed by atoms with van der Waals surface area (Å²) < 4.78 is 5.74. The van der Waals surface area contributed by atoms with Gasteiger partial charge in [0.2, 0.25) is 5.91 Å². The highest BCUT2D eigenvalue weighted by atomic mass is 16.5. The topological polar surface area (TPSA) is 38.3 Å². The molecule has 2 rings (SSSR count). The average Bonchev–Trinajstić information content (AvgIpc) is 2.83. The Bertz CT molecular complexity index is 408. The highest BCUT2D eigenvalue weighted by Gasteiger charge is 2.43. The third-order valence-electron chi connectivity index (χ3n) is 3.64. The molecule has 3 nitrogen and oxygen atoms in total. The minimum absolute atomic E-state index is 0.0633. The van der Waals surface area contributed by atoms with E-state index in [4.69, 9.17) is 4.74 Å². The quantitative estimate of drug-likeness (QED) is 0.868. The fraction of sp³-hybridized carbons (Fsp3) is 0.500. The zero-order chi connectivity index (χ0) is 12.4. The van der Waals surface area contributed by atoms with Gasteiger partial charge in [-0.25, -0.2) is 0 Å². The molecule has 0 aliphatic heterocycles. The van der Waals surface area contributed by atoms with Gasteiger partial charge in [-0.1, -0.05) is 19.9 Å². The second-order valence-corrected chi connectivity index (χ2v) is 4.90. The molecule has 1 aromatic rings. The highest BCUT2D eigenvalue weighted by molar-refractivity contribution is 5.88. The molecule has 1 saturated carbocycles. The van der Waals surface area contributed by atoms with Crippen LogP contribution in [-0.2, 0) is 4.79 Å². The lowest BCUT2D eigenvalue weighted by Crippen LogP contribution is -2.06. The summed E-state index contributed by atoms with van der Waals surface area (Å²) in [6.45, 7) is 6.78. The smallest absolute Gasteiger partial charge is 0.221 e. The summed E-state index contributed by atoms with van der Waals surface area (Å²) in [5.41, 5.74) is 0.784. The number of ether oxygens (including phenoxy) is 1. The zero-order valence-corrected chi connectivity index (χ0v) is 10.6. The lowest BCUT2D eigenvalue weighted by molar-refractivity contribution is -0.114. The van der Waals surface area contributed by atoms with E-state index in [0.717, 1.165) is 29.9 Å². The summed E-state index contributed by atoms with van der Waals surface area (Å²) in [6, 6.07) is 7.53. The van der Waals surface area contributed by atoms with E-state index in [1.165, 1.54) is 6.92 Å². The molecule has 0 radical (unpaired) electrons. The molecule has 17 heavy (non-hydrogen) atoms. The summed E-state index contributed by atoms with van der Waals surface area (Å²) in [7, 11) is 0. The van der Waals surface area contributed by atoms with Crippen LogP contribution in [0.15, 0.2) is 24.3 Å². The summed E-state index contributed by atoms with van der Waals surface area (Å²) in [4.78, 5) is 10.9. The van der Waals surface area contributed by atoms with Crippen LogP contribution < -0.4 is 10.1 Å². The van der Waals surface area contributed by atoms with Gasteiger partial charge in [-0.05, 0) is 29.9 Å². The van der Waals surface area contributed by atoms with E-state index in [1.54, 1.807) is 0 Å². The third-order valence-corrected chi connectivity index (χ3v) is 3.64. The Labute approximate surface area is 102 Å². The average molecular weight is 233 g/mol. The van der Waals surface area contributed by atoms with Gasteiger partial charge in [-0.3, -0.25) is 4.79 Å². The van der Waals surface area contributed by atoms with Gasteiger partial charge in [0.15, 0.2) is 0 Å². The maximum atomic E-state index is 10.9. The predicted octanol–water partition coefficient (Wildman–Crippen LogP) is 2.93. The van der Waals surface area contributed by atoms with Crippen molar-refractivity contribution >= 4 is 11.6 Å². The standard InChI is InChI=1S/C14H19NO2/c1-9-10(2)14(9)8-17-13-6-4-5-12(7-13)15-11(3)16/h4-7,9-10,14H,8H2,1-3H3,(H,15,16). The Kier molecular flexibility index (Phi) is 3.36. The van der Waals surface area contributed by atoms with Crippen molar-refractivity contribution in [3.8, 4) is 5.75 Å². The SMILES string of the molecule is CC(=O)Nc1cccc(OCC2C(C)C2C)c1. The fourth-order valence-corrected chi connectivity index (χ4v) is 2.13. The van der Waals surface area contributed by atoms with Gasteiger partial charge >= 0.3 is 0 Å². The predicted molar refractivity (Wildman–Crippen MR) is 68.1 cm³/mol. The van der Waals surface area contributed by atoms with E-state index in [1.807, 2.05) is 24.3 Å². The van der Waals surface area contributed by atoms with E-state index < -0.39 is 0 Å². The molecule has 2 unspecified atom stereocenters. The molecule has 1 aromatic carbocycles. The van der Waals surface area contributed by atoms with Crippen LogP contribution in [0.3, 0.4) is 0 Å². The summed E-state index contributed by atoms with van der Waals surface area (Å²) in [6.07, 6.45) is 0. The molecule has 1 aliphatic rings. The highest BCUT2D eigenvalue weighted by Crippen LogP contribution is 2.45. The van der Waals surface area contributed by atoms with E-state index in [9.17, 15) is 4.79 Å². The van der Waals surface area contributed by atoms with E-state index in [2.05, 4.69) is 19.2 Å². The Hall–Kier alpha value is -1.51. The molecule has 1 fully saturated rings. The molecular weight excluding hydrogens is 214 g/mol. The van der Waals surface area contributed by atoms with Gasteiger partial charge in [0, 0.05) is 18.7 Å². The van der Waals surface area contributed by atoms with Gasteiger partial charge in [-0.15, -0.1) is 0 Å². The van der Waals surface area contributed by atoms with Gasteiger partial charge in [0.05, 0.1) is 6.61 Å². The maximum Gasteiger partial charge on any atom is 0.221 e. The molecule has 1 amide bonds. The molecule has 1 aliphatic carbocycles. The molecule has 0 heterocycles. The van der Waals surface area contributed by atoms with Crippen LogP contribution in [0.5, 0.6) is 5.75 Å². The molecule has 2 atom stereocenters. The van der Waals surface area contributed by atoms with Crippen molar-refractivity contribution in [1.82, 2.24) is 0 Å². The number of rotatable bonds is 4. The van der Waals surface area contributed by atoms with Crippen molar-refractivity contribution in [3.05, 3.63) is 24.3 Å². The number of carbonyl (C=O) groups is 1. The molecule has 92 valence electrons. The Morgan fingerprint density at radius 2 is 2.06 bits per heavy atom. The molecular formula is C14H19NO2. The summed E-state index contributed by atoms with van der Waals surface area (Å²) in [5, 5.41) is 2.75. The number of hydrogen-bond donors (Lipinski definition) is 1. The fourth-order valence-electron chi connectivity index (χ4n) is 2.13. The van der Waals surface area contributed by atoms with Crippen molar-refractivity contribution in [3.63, 3.8) is 0 Å². The number of anilines is 1. The number of amides is 1. The van der Waals surface area contributed by atoms with Crippen LogP contribution in [0, 0.1) is 17.8 Å². The van der Waals surface area contributed by atoms with E-state index in [0.29, 0.717) is 5.92 Å². The first-order valence-electron chi connectivity index (χ1n) is 6.08. The number of benzene rings is 1. The number of carbonyl (C=O) groups excluding carboxylic acids is 1. The van der Waals surface area contributed by atoms with E-state index >= 15 is 0 Å². The Morgan fingerprint density at radius 1 is 1.35 bits per heavy atom. The molecule has 3 heteroatoms. The van der Waals surface area contributed by atoms with Gasteiger partial charge in [0.25, 0.3) is 0 Å². The molecule has 0 aromatic heterocycles. The lowest BCUT2D eigenvalue weighted by atomic mass is 10.3. The van der Waals surface area contributed by atoms with Crippen LogP contribution in [0.4, 0.5) is 5.69 Å².